The number of hydrogen-bond acceptors (Lipinski definition) is 3. The fourth-order valence-corrected chi connectivity index (χ4v) is 3.09. The second kappa shape index (κ2) is 5.41. The number of nitrogens with zero attached hydrogens (tertiary/aromatic N) is 1. The highest BCUT2D eigenvalue weighted by Crippen LogP contribution is 2.42. The number of nitrogens with one attached hydrogen (secondary N) is 1. The summed E-state index contributed by atoms with van der Waals surface area (Å²) in [4.78, 5) is 27.6. The molecule has 0 radical (unpaired) electrons. The van der Waals surface area contributed by atoms with Crippen molar-refractivity contribution in [2.24, 2.45) is 5.92 Å². The Bertz CT molecular complexity index is 854. The van der Waals surface area contributed by atoms with E-state index in [4.69, 9.17) is 27.9 Å². The van der Waals surface area contributed by atoms with E-state index < -0.39 is 11.3 Å². The summed E-state index contributed by atoms with van der Waals surface area (Å²) in [6.45, 7) is 2.13. The topological polar surface area (TPSA) is 64.1 Å². The molecule has 0 bridgehead atoms. The Morgan fingerprint density at radius 1 is 1.32 bits per heavy atom. The lowest BCUT2D eigenvalue weighted by Crippen LogP contribution is -2.45. The third kappa shape index (κ3) is 2.57. The van der Waals surface area contributed by atoms with E-state index in [1.54, 1.807) is 7.11 Å². The van der Waals surface area contributed by atoms with Gasteiger partial charge in [0.25, 0.3) is 5.56 Å². The van der Waals surface area contributed by atoms with Crippen LogP contribution in [-0.4, -0.2) is 22.3 Å². The van der Waals surface area contributed by atoms with Gasteiger partial charge in [-0.05, 0) is 37.8 Å². The number of ether oxygens (including phenoxy) is 1. The van der Waals surface area contributed by atoms with Gasteiger partial charge in [-0.3, -0.25) is 9.36 Å². The van der Waals surface area contributed by atoms with Crippen LogP contribution in [0.2, 0.25) is 10.0 Å². The summed E-state index contributed by atoms with van der Waals surface area (Å²) in [6, 6.07) is 2.97. The molecule has 0 spiro atoms. The van der Waals surface area contributed by atoms with Gasteiger partial charge in [-0.25, -0.2) is 4.79 Å². The van der Waals surface area contributed by atoms with Crippen LogP contribution in [0.1, 0.15) is 19.8 Å². The molecule has 2 aromatic rings. The number of halogens is 2. The van der Waals surface area contributed by atoms with E-state index in [0.29, 0.717) is 21.8 Å². The minimum absolute atomic E-state index is 0.207. The molecule has 0 amide bonds. The molecule has 1 fully saturated rings. The Morgan fingerprint density at radius 3 is 2.55 bits per heavy atom. The van der Waals surface area contributed by atoms with Crippen LogP contribution in [-0.2, 0) is 11.3 Å². The molecule has 1 atom stereocenters. The van der Waals surface area contributed by atoms with Gasteiger partial charge < -0.3 is 9.72 Å². The number of aromatic nitrogens is 2. The van der Waals surface area contributed by atoms with Crippen LogP contribution in [0.5, 0.6) is 0 Å². The fraction of sp³-hybridized carbons (Fsp3) is 0.467. The smallest absolute Gasteiger partial charge is 0.328 e. The highest BCUT2D eigenvalue weighted by molar-refractivity contribution is 6.42. The van der Waals surface area contributed by atoms with E-state index in [1.165, 1.54) is 16.7 Å². The molecule has 0 saturated heterocycles. The fourth-order valence-electron chi connectivity index (χ4n) is 2.76. The summed E-state index contributed by atoms with van der Waals surface area (Å²) < 4.78 is 6.75. The zero-order valence-electron chi connectivity index (χ0n) is 12.3. The molecule has 1 saturated carbocycles. The standard InChI is InChI=1S/C15H16Cl2N2O3/c1-15(22-2,8-3-4-8)7-19-13(20)9-5-10(16)11(17)6-12(9)18-14(19)21/h5-6,8H,3-4,7H2,1-2H3,(H,18,21). The van der Waals surface area contributed by atoms with Crippen LogP contribution >= 0.6 is 23.2 Å². The summed E-state index contributed by atoms with van der Waals surface area (Å²) in [5.74, 6) is 0.369. The number of fused-ring (bicyclic) bond motifs is 1. The van der Waals surface area contributed by atoms with Crippen LogP contribution < -0.4 is 11.2 Å². The number of rotatable bonds is 4. The number of H-pyrrole nitrogens is 1. The molecule has 1 aliphatic carbocycles. The van der Waals surface area contributed by atoms with Crippen LogP contribution in [0.3, 0.4) is 0 Å². The number of hydrogen-bond donors (Lipinski definition) is 1. The Hall–Kier alpha value is -1.30. The van der Waals surface area contributed by atoms with Gasteiger partial charge in [-0.2, -0.15) is 0 Å². The van der Waals surface area contributed by atoms with Crippen molar-refractivity contribution in [2.45, 2.75) is 31.9 Å². The SMILES string of the molecule is COC(C)(Cn1c(=O)[nH]c2cc(Cl)c(Cl)cc2c1=O)C1CC1. The predicted octanol–water partition coefficient (Wildman–Crippen LogP) is 2.81. The minimum atomic E-state index is -0.527. The third-order valence-corrected chi connectivity index (χ3v) is 5.12. The molecule has 118 valence electrons. The van der Waals surface area contributed by atoms with E-state index in [0.717, 1.165) is 12.8 Å². The molecule has 1 heterocycles. The van der Waals surface area contributed by atoms with Crippen LogP contribution in [0.4, 0.5) is 0 Å². The number of aromatic amines is 1. The maximum Gasteiger partial charge on any atom is 0.328 e. The van der Waals surface area contributed by atoms with Crippen molar-refractivity contribution in [1.29, 1.82) is 0 Å². The molecular formula is C15H16Cl2N2O3. The van der Waals surface area contributed by atoms with Crippen LogP contribution in [0, 0.1) is 5.92 Å². The third-order valence-electron chi connectivity index (χ3n) is 4.40. The van der Waals surface area contributed by atoms with Gasteiger partial charge in [0.05, 0.1) is 33.1 Å². The number of benzene rings is 1. The molecule has 1 N–H and O–H groups in total. The molecule has 3 rings (SSSR count). The van der Waals surface area contributed by atoms with Crippen molar-refractivity contribution in [3.63, 3.8) is 0 Å². The Balaban J connectivity index is 2.16. The summed E-state index contributed by atoms with van der Waals surface area (Å²) in [5.41, 5.74) is -1.01. The first-order valence-electron chi connectivity index (χ1n) is 7.03. The van der Waals surface area contributed by atoms with Gasteiger partial charge in [-0.15, -0.1) is 0 Å². The van der Waals surface area contributed by atoms with Crippen molar-refractivity contribution in [1.82, 2.24) is 9.55 Å². The molecule has 7 heteroatoms. The van der Waals surface area contributed by atoms with Gasteiger partial charge in [-0.1, -0.05) is 23.2 Å². The highest BCUT2D eigenvalue weighted by Gasteiger charge is 2.42. The first-order chi connectivity index (χ1) is 10.4. The highest BCUT2D eigenvalue weighted by atomic mass is 35.5. The maximum atomic E-state index is 12.6. The molecule has 0 aliphatic heterocycles. The maximum absolute atomic E-state index is 12.6. The van der Waals surface area contributed by atoms with Crippen molar-refractivity contribution in [2.75, 3.05) is 7.11 Å². The minimum Gasteiger partial charge on any atom is -0.376 e. The summed E-state index contributed by atoms with van der Waals surface area (Å²) in [5, 5.41) is 0.909. The zero-order chi connectivity index (χ0) is 16.1. The van der Waals surface area contributed by atoms with Crippen molar-refractivity contribution >= 4 is 34.1 Å². The normalized spacial score (nSPS) is 17.6. The second-order valence-electron chi connectivity index (χ2n) is 5.92. The lowest BCUT2D eigenvalue weighted by atomic mass is 10.00. The van der Waals surface area contributed by atoms with Gasteiger partial charge in [0, 0.05) is 7.11 Å². The van der Waals surface area contributed by atoms with Crippen LogP contribution in [0.25, 0.3) is 10.9 Å². The molecule has 1 aromatic heterocycles. The van der Waals surface area contributed by atoms with Gasteiger partial charge in [0.2, 0.25) is 0 Å². The Labute approximate surface area is 136 Å². The molecule has 1 aromatic carbocycles. The Morgan fingerprint density at radius 2 is 1.95 bits per heavy atom. The summed E-state index contributed by atoms with van der Waals surface area (Å²) >= 11 is 11.9. The zero-order valence-corrected chi connectivity index (χ0v) is 13.8. The van der Waals surface area contributed by atoms with E-state index in [-0.39, 0.29) is 17.1 Å². The molecule has 1 aliphatic rings. The van der Waals surface area contributed by atoms with Crippen molar-refractivity contribution in [3.8, 4) is 0 Å². The largest absolute Gasteiger partial charge is 0.376 e. The van der Waals surface area contributed by atoms with E-state index in [2.05, 4.69) is 4.98 Å². The average molecular weight is 343 g/mol. The summed E-state index contributed by atoms with van der Waals surface area (Å²) in [6.07, 6.45) is 2.10. The van der Waals surface area contributed by atoms with E-state index in [9.17, 15) is 9.59 Å². The van der Waals surface area contributed by atoms with Crippen molar-refractivity contribution < 1.29 is 4.74 Å². The first-order valence-corrected chi connectivity index (χ1v) is 7.78. The van der Waals surface area contributed by atoms with Gasteiger partial charge >= 0.3 is 5.69 Å². The van der Waals surface area contributed by atoms with Crippen molar-refractivity contribution in [3.05, 3.63) is 43.0 Å². The number of methoxy groups -OCH3 is 1. The van der Waals surface area contributed by atoms with Gasteiger partial charge in [0.15, 0.2) is 0 Å². The van der Waals surface area contributed by atoms with Gasteiger partial charge in [0.1, 0.15) is 0 Å². The molecule has 1 unspecified atom stereocenters. The quantitative estimate of drug-likeness (QED) is 0.929. The average Bonchev–Trinajstić information content (AvgIpc) is 3.31. The molecule has 5 nitrogen and oxygen atoms in total. The van der Waals surface area contributed by atoms with Crippen LogP contribution in [0.15, 0.2) is 21.7 Å². The predicted molar refractivity (Wildman–Crippen MR) is 87.0 cm³/mol. The summed E-state index contributed by atoms with van der Waals surface area (Å²) in [7, 11) is 1.61. The molecular weight excluding hydrogens is 327 g/mol. The Kier molecular flexibility index (Phi) is 3.83. The lowest BCUT2D eigenvalue weighted by Gasteiger charge is -2.28. The lowest BCUT2D eigenvalue weighted by molar-refractivity contribution is -0.0284. The molecule has 22 heavy (non-hydrogen) atoms. The monoisotopic (exact) mass is 342 g/mol. The second-order valence-corrected chi connectivity index (χ2v) is 6.74. The van der Waals surface area contributed by atoms with E-state index >= 15 is 0 Å². The van der Waals surface area contributed by atoms with E-state index in [1.807, 2.05) is 6.92 Å². The first kappa shape index (κ1) is 15.6.